The highest BCUT2D eigenvalue weighted by Gasteiger charge is 2.42. The van der Waals surface area contributed by atoms with E-state index in [4.69, 9.17) is 11.6 Å². The molecule has 0 bridgehead atoms. The Balaban J connectivity index is 2.38. The third-order valence-corrected chi connectivity index (χ3v) is 2.98. The quantitative estimate of drug-likeness (QED) is 0.637. The molecule has 15 heavy (non-hydrogen) atoms. The average Bonchev–Trinajstić information content (AvgIpc) is 2.87. The maximum Gasteiger partial charge on any atom is 0.274 e. The van der Waals surface area contributed by atoms with Crippen molar-refractivity contribution >= 4 is 17.3 Å². The molecule has 4 nitrogen and oxygen atoms in total. The maximum atomic E-state index is 10.7. The van der Waals surface area contributed by atoms with Crippen LogP contribution in [0, 0.1) is 10.1 Å². The topological polar surface area (TPSA) is 63.4 Å². The summed E-state index contributed by atoms with van der Waals surface area (Å²) in [6.45, 7) is 0. The van der Waals surface area contributed by atoms with Crippen LogP contribution >= 0.6 is 11.6 Å². The molecule has 0 heterocycles. The predicted molar refractivity (Wildman–Crippen MR) is 56.0 cm³/mol. The number of halogens is 1. The summed E-state index contributed by atoms with van der Waals surface area (Å²) in [4.78, 5) is 10.3. The van der Waals surface area contributed by atoms with Crippen LogP contribution in [0.15, 0.2) is 18.2 Å². The molecule has 1 aliphatic carbocycles. The molecule has 1 aromatic carbocycles. The average molecular weight is 228 g/mol. The van der Waals surface area contributed by atoms with Crippen LogP contribution in [0.1, 0.15) is 18.4 Å². The monoisotopic (exact) mass is 227 g/mol. The van der Waals surface area contributed by atoms with Gasteiger partial charge in [-0.1, -0.05) is 17.7 Å². The largest absolute Gasteiger partial charge is 0.390 e. The van der Waals surface area contributed by atoms with Crippen molar-refractivity contribution < 1.29 is 10.0 Å². The van der Waals surface area contributed by atoms with Crippen molar-refractivity contribution in [1.82, 2.24) is 0 Å². The smallest absolute Gasteiger partial charge is 0.274 e. The second-order valence-electron chi connectivity index (χ2n) is 3.90. The third kappa shape index (κ3) is 2.11. The van der Waals surface area contributed by atoms with Crippen molar-refractivity contribution in [2.24, 2.45) is 0 Å². The molecule has 0 aliphatic heterocycles. The second kappa shape index (κ2) is 3.47. The van der Waals surface area contributed by atoms with Crippen molar-refractivity contribution in [2.75, 3.05) is 0 Å². The summed E-state index contributed by atoms with van der Waals surface area (Å²) in [5.74, 6) is 0. The summed E-state index contributed by atoms with van der Waals surface area (Å²) >= 11 is 5.89. The number of hydrogen-bond acceptors (Lipinski definition) is 3. The number of aliphatic hydroxyl groups is 1. The number of nitro benzene ring substituents is 1. The Morgan fingerprint density at radius 1 is 1.53 bits per heavy atom. The highest BCUT2D eigenvalue weighted by molar-refractivity contribution is 6.31. The molecule has 0 unspecified atom stereocenters. The van der Waals surface area contributed by atoms with Gasteiger partial charge in [-0.05, 0) is 18.9 Å². The zero-order valence-corrected chi connectivity index (χ0v) is 8.70. The van der Waals surface area contributed by atoms with Crippen molar-refractivity contribution in [2.45, 2.75) is 24.9 Å². The molecule has 0 spiro atoms. The molecular weight excluding hydrogens is 218 g/mol. The first-order valence-corrected chi connectivity index (χ1v) is 5.04. The highest BCUT2D eigenvalue weighted by atomic mass is 35.5. The van der Waals surface area contributed by atoms with Gasteiger partial charge >= 0.3 is 0 Å². The highest BCUT2D eigenvalue weighted by Crippen LogP contribution is 2.41. The minimum Gasteiger partial charge on any atom is -0.390 e. The van der Waals surface area contributed by atoms with E-state index in [9.17, 15) is 15.2 Å². The molecule has 5 heteroatoms. The zero-order chi connectivity index (χ0) is 11.1. The van der Waals surface area contributed by atoms with Crippen LogP contribution < -0.4 is 0 Å². The third-order valence-electron chi connectivity index (χ3n) is 2.62. The van der Waals surface area contributed by atoms with E-state index in [2.05, 4.69) is 0 Å². The first-order chi connectivity index (χ1) is 7.02. The van der Waals surface area contributed by atoms with Gasteiger partial charge in [0.25, 0.3) is 5.69 Å². The zero-order valence-electron chi connectivity index (χ0n) is 7.94. The Hall–Kier alpha value is -1.13. The number of nitro groups is 1. The standard InChI is InChI=1S/C10H10ClNO3/c11-8-2-1-3-9(12(14)15)7(8)6-10(13)4-5-10/h1-3,13H,4-6H2. The van der Waals surface area contributed by atoms with Gasteiger partial charge in [-0.3, -0.25) is 10.1 Å². The van der Waals surface area contributed by atoms with E-state index < -0.39 is 10.5 Å². The number of benzene rings is 1. The molecule has 0 amide bonds. The molecular formula is C10H10ClNO3. The number of nitrogens with zero attached hydrogens (tertiary/aromatic N) is 1. The summed E-state index contributed by atoms with van der Waals surface area (Å²) in [6.07, 6.45) is 1.65. The maximum absolute atomic E-state index is 10.7. The second-order valence-corrected chi connectivity index (χ2v) is 4.30. The van der Waals surface area contributed by atoms with Crippen molar-refractivity contribution in [1.29, 1.82) is 0 Å². The van der Waals surface area contributed by atoms with Gasteiger partial charge in [0.15, 0.2) is 0 Å². The Labute approximate surface area is 91.6 Å². The fourth-order valence-electron chi connectivity index (χ4n) is 1.54. The van der Waals surface area contributed by atoms with Gasteiger partial charge in [-0.25, -0.2) is 0 Å². The van der Waals surface area contributed by atoms with E-state index in [0.29, 0.717) is 23.4 Å². The minimum absolute atomic E-state index is 0.0113. The van der Waals surface area contributed by atoms with Crippen LogP contribution in [0.25, 0.3) is 0 Å². The van der Waals surface area contributed by atoms with E-state index >= 15 is 0 Å². The molecule has 0 radical (unpaired) electrons. The molecule has 1 saturated carbocycles. The molecule has 1 fully saturated rings. The minimum atomic E-state index is -0.768. The summed E-state index contributed by atoms with van der Waals surface area (Å²) in [5, 5.41) is 20.8. The van der Waals surface area contributed by atoms with Crippen LogP contribution in [0.5, 0.6) is 0 Å². The van der Waals surface area contributed by atoms with E-state index in [0.717, 1.165) is 0 Å². The SMILES string of the molecule is O=[N+]([O-])c1cccc(Cl)c1CC1(O)CC1. The van der Waals surface area contributed by atoms with Gasteiger partial charge in [-0.15, -0.1) is 0 Å². The summed E-state index contributed by atoms with van der Waals surface area (Å²) < 4.78 is 0. The Bertz CT molecular complexity index is 415. The first-order valence-electron chi connectivity index (χ1n) is 4.66. The van der Waals surface area contributed by atoms with Crippen LogP contribution in [0.4, 0.5) is 5.69 Å². The van der Waals surface area contributed by atoms with Crippen molar-refractivity contribution in [3.63, 3.8) is 0 Å². The molecule has 2 rings (SSSR count). The number of hydrogen-bond donors (Lipinski definition) is 1. The Kier molecular flexibility index (Phi) is 2.40. The van der Waals surface area contributed by atoms with Gasteiger partial charge in [0.1, 0.15) is 0 Å². The van der Waals surface area contributed by atoms with E-state index in [1.165, 1.54) is 6.07 Å². The first kappa shape index (κ1) is 10.4. The fraction of sp³-hybridized carbons (Fsp3) is 0.400. The number of rotatable bonds is 3. The lowest BCUT2D eigenvalue weighted by Gasteiger charge is -2.09. The molecule has 0 saturated heterocycles. The molecule has 0 aromatic heterocycles. The van der Waals surface area contributed by atoms with Crippen LogP contribution in [-0.2, 0) is 6.42 Å². The summed E-state index contributed by atoms with van der Waals surface area (Å²) in [6, 6.07) is 4.56. The molecule has 1 aliphatic rings. The van der Waals surface area contributed by atoms with Gasteiger partial charge in [-0.2, -0.15) is 0 Å². The molecule has 1 aromatic rings. The summed E-state index contributed by atoms with van der Waals surface area (Å²) in [5.41, 5.74) is -0.345. The van der Waals surface area contributed by atoms with Gasteiger partial charge in [0.05, 0.1) is 21.1 Å². The lowest BCUT2D eigenvalue weighted by Crippen LogP contribution is -2.12. The molecule has 0 atom stereocenters. The van der Waals surface area contributed by atoms with E-state index in [-0.39, 0.29) is 12.1 Å². The van der Waals surface area contributed by atoms with E-state index in [1.54, 1.807) is 12.1 Å². The van der Waals surface area contributed by atoms with E-state index in [1.807, 2.05) is 0 Å². The Morgan fingerprint density at radius 2 is 2.20 bits per heavy atom. The fourth-order valence-corrected chi connectivity index (χ4v) is 1.78. The molecule has 1 N–H and O–H groups in total. The van der Waals surface area contributed by atoms with Crippen LogP contribution in [-0.4, -0.2) is 15.6 Å². The van der Waals surface area contributed by atoms with Crippen LogP contribution in [0.3, 0.4) is 0 Å². The Morgan fingerprint density at radius 3 is 2.73 bits per heavy atom. The lowest BCUT2D eigenvalue weighted by molar-refractivity contribution is -0.385. The van der Waals surface area contributed by atoms with Crippen molar-refractivity contribution in [3.8, 4) is 0 Å². The van der Waals surface area contributed by atoms with Gasteiger partial charge in [0, 0.05) is 12.5 Å². The normalized spacial score (nSPS) is 17.5. The summed E-state index contributed by atoms with van der Waals surface area (Å²) in [7, 11) is 0. The van der Waals surface area contributed by atoms with Gasteiger partial charge < -0.3 is 5.11 Å². The van der Waals surface area contributed by atoms with Gasteiger partial charge in [0.2, 0.25) is 0 Å². The van der Waals surface area contributed by atoms with Crippen molar-refractivity contribution in [3.05, 3.63) is 38.9 Å². The lowest BCUT2D eigenvalue weighted by atomic mass is 10.0. The van der Waals surface area contributed by atoms with Crippen LogP contribution in [0.2, 0.25) is 5.02 Å². The molecule has 80 valence electrons. The predicted octanol–water partition coefficient (Wildman–Crippen LogP) is 2.32.